The number of nitro benzene ring substituents is 1. The zero-order valence-electron chi connectivity index (χ0n) is 10.4. The van der Waals surface area contributed by atoms with Gasteiger partial charge in [-0.25, -0.2) is 0 Å². The van der Waals surface area contributed by atoms with Crippen molar-refractivity contribution in [1.82, 2.24) is 5.32 Å². The highest BCUT2D eigenvalue weighted by Gasteiger charge is 2.37. The number of carbonyl (C=O) groups is 1. The molecule has 0 aliphatic carbocycles. The molecular formula is C12H16N4O3. The van der Waals surface area contributed by atoms with E-state index in [-0.39, 0.29) is 5.69 Å². The Balaban J connectivity index is 2.17. The van der Waals surface area contributed by atoms with E-state index in [4.69, 9.17) is 5.73 Å². The molecule has 7 nitrogen and oxygen atoms in total. The average Bonchev–Trinajstić information content (AvgIpc) is 2.40. The number of nitrogens with two attached hydrogens (primary N) is 1. The first kappa shape index (κ1) is 13.3. The van der Waals surface area contributed by atoms with E-state index >= 15 is 0 Å². The molecule has 4 N–H and O–H groups in total. The predicted molar refractivity (Wildman–Crippen MR) is 70.7 cm³/mol. The molecule has 1 aliphatic rings. The van der Waals surface area contributed by atoms with Gasteiger partial charge in [0.25, 0.3) is 5.69 Å². The molecule has 1 saturated heterocycles. The number of nitro groups is 1. The van der Waals surface area contributed by atoms with Crippen molar-refractivity contribution >= 4 is 17.3 Å². The van der Waals surface area contributed by atoms with Crippen LogP contribution in [0.2, 0.25) is 0 Å². The van der Waals surface area contributed by atoms with Crippen molar-refractivity contribution in [2.75, 3.05) is 18.4 Å². The summed E-state index contributed by atoms with van der Waals surface area (Å²) in [4.78, 5) is 21.8. The predicted octanol–water partition coefficient (Wildman–Crippen LogP) is 0.614. The molecule has 102 valence electrons. The van der Waals surface area contributed by atoms with Crippen LogP contribution in [0, 0.1) is 10.1 Å². The molecule has 0 unspecified atom stereocenters. The molecule has 2 rings (SSSR count). The van der Waals surface area contributed by atoms with Gasteiger partial charge in [-0.15, -0.1) is 0 Å². The van der Waals surface area contributed by atoms with Crippen LogP contribution < -0.4 is 16.4 Å². The standard InChI is InChI=1S/C12H16N4O3/c13-11(17)12(5-7-14-8-6-12)15-9-1-3-10(4-2-9)16(18)19/h1-4,14-15H,5-8H2,(H2,13,17). The molecule has 1 amide bonds. The average molecular weight is 264 g/mol. The Morgan fingerprint density at radius 2 is 1.89 bits per heavy atom. The summed E-state index contributed by atoms with van der Waals surface area (Å²) in [5.74, 6) is -0.396. The van der Waals surface area contributed by atoms with Crippen molar-refractivity contribution < 1.29 is 9.72 Å². The summed E-state index contributed by atoms with van der Waals surface area (Å²) >= 11 is 0. The third-order valence-electron chi connectivity index (χ3n) is 3.39. The van der Waals surface area contributed by atoms with Crippen molar-refractivity contribution in [3.05, 3.63) is 34.4 Å². The summed E-state index contributed by atoms with van der Waals surface area (Å²) in [6, 6.07) is 5.98. The Morgan fingerprint density at radius 1 is 1.32 bits per heavy atom. The first-order valence-electron chi connectivity index (χ1n) is 6.07. The number of carbonyl (C=O) groups excluding carboxylic acids is 1. The highest BCUT2D eigenvalue weighted by Crippen LogP contribution is 2.25. The third kappa shape index (κ3) is 2.82. The Morgan fingerprint density at radius 3 is 2.37 bits per heavy atom. The SMILES string of the molecule is NC(=O)C1(Nc2ccc([N+](=O)[O-])cc2)CCNCC1. The molecule has 0 spiro atoms. The molecule has 0 aromatic heterocycles. The summed E-state index contributed by atoms with van der Waals surface area (Å²) in [5.41, 5.74) is 5.39. The van der Waals surface area contributed by atoms with Crippen molar-refractivity contribution in [2.45, 2.75) is 18.4 Å². The van der Waals surface area contributed by atoms with E-state index in [1.54, 1.807) is 12.1 Å². The number of non-ortho nitro benzene ring substituents is 1. The second kappa shape index (κ2) is 5.23. The fraction of sp³-hybridized carbons (Fsp3) is 0.417. The van der Waals surface area contributed by atoms with Crippen LogP contribution in [0.15, 0.2) is 24.3 Å². The molecule has 7 heteroatoms. The minimum absolute atomic E-state index is 0.0176. The van der Waals surface area contributed by atoms with Gasteiger partial charge in [0.05, 0.1) is 4.92 Å². The fourth-order valence-corrected chi connectivity index (χ4v) is 2.23. The van der Waals surface area contributed by atoms with E-state index in [1.807, 2.05) is 0 Å². The maximum atomic E-state index is 11.7. The quantitative estimate of drug-likeness (QED) is 0.545. The minimum atomic E-state index is -0.776. The van der Waals surface area contributed by atoms with Gasteiger partial charge >= 0.3 is 0 Å². The van der Waals surface area contributed by atoms with Crippen molar-refractivity contribution in [3.63, 3.8) is 0 Å². The maximum absolute atomic E-state index is 11.7. The summed E-state index contributed by atoms with van der Waals surface area (Å²) in [5, 5.41) is 16.9. The second-order valence-electron chi connectivity index (χ2n) is 4.63. The summed E-state index contributed by atoms with van der Waals surface area (Å²) < 4.78 is 0. The molecule has 1 aromatic rings. The number of benzene rings is 1. The minimum Gasteiger partial charge on any atom is -0.371 e. The maximum Gasteiger partial charge on any atom is 0.269 e. The zero-order chi connectivity index (χ0) is 13.9. The van der Waals surface area contributed by atoms with Crippen molar-refractivity contribution in [1.29, 1.82) is 0 Å². The van der Waals surface area contributed by atoms with Crippen LogP contribution in [0.3, 0.4) is 0 Å². The van der Waals surface area contributed by atoms with Gasteiger partial charge in [-0.2, -0.15) is 0 Å². The second-order valence-corrected chi connectivity index (χ2v) is 4.63. The van der Waals surface area contributed by atoms with Crippen LogP contribution >= 0.6 is 0 Å². The number of nitrogens with one attached hydrogen (secondary N) is 2. The van der Waals surface area contributed by atoms with Gasteiger partial charge in [-0.1, -0.05) is 0 Å². The van der Waals surface area contributed by atoms with E-state index in [0.29, 0.717) is 31.6 Å². The fourth-order valence-electron chi connectivity index (χ4n) is 2.23. The molecule has 1 aromatic carbocycles. The number of primary amides is 1. The van der Waals surface area contributed by atoms with Crippen molar-refractivity contribution in [2.24, 2.45) is 5.73 Å². The zero-order valence-corrected chi connectivity index (χ0v) is 10.4. The summed E-state index contributed by atoms with van der Waals surface area (Å²) in [6.45, 7) is 1.42. The van der Waals surface area contributed by atoms with E-state index in [9.17, 15) is 14.9 Å². The molecule has 0 radical (unpaired) electrons. The number of hydrogen-bond donors (Lipinski definition) is 3. The summed E-state index contributed by atoms with van der Waals surface area (Å²) in [6.07, 6.45) is 1.19. The molecule has 1 fully saturated rings. The van der Waals surface area contributed by atoms with E-state index in [2.05, 4.69) is 10.6 Å². The number of nitrogens with zero attached hydrogens (tertiary/aromatic N) is 1. The molecule has 0 bridgehead atoms. The lowest BCUT2D eigenvalue weighted by atomic mass is 9.87. The van der Waals surface area contributed by atoms with Crippen LogP contribution in [-0.2, 0) is 4.79 Å². The Bertz CT molecular complexity index is 480. The number of hydrogen-bond acceptors (Lipinski definition) is 5. The molecule has 19 heavy (non-hydrogen) atoms. The van der Waals surface area contributed by atoms with Crippen LogP contribution in [0.5, 0.6) is 0 Å². The van der Waals surface area contributed by atoms with Gasteiger partial charge in [0.1, 0.15) is 5.54 Å². The monoisotopic (exact) mass is 264 g/mol. The normalized spacial score (nSPS) is 17.7. The van der Waals surface area contributed by atoms with Crippen molar-refractivity contribution in [3.8, 4) is 0 Å². The number of amides is 1. The lowest BCUT2D eigenvalue weighted by molar-refractivity contribution is -0.384. The van der Waals surface area contributed by atoms with E-state index in [0.717, 1.165) is 0 Å². The summed E-state index contributed by atoms with van der Waals surface area (Å²) in [7, 11) is 0. The van der Waals surface area contributed by atoms with Gasteiger partial charge < -0.3 is 16.4 Å². The third-order valence-corrected chi connectivity index (χ3v) is 3.39. The van der Waals surface area contributed by atoms with Gasteiger partial charge in [-0.05, 0) is 38.1 Å². The lowest BCUT2D eigenvalue weighted by Gasteiger charge is -2.36. The topological polar surface area (TPSA) is 110 Å². The number of rotatable bonds is 4. The Kier molecular flexibility index (Phi) is 3.66. The van der Waals surface area contributed by atoms with E-state index < -0.39 is 16.4 Å². The van der Waals surface area contributed by atoms with Crippen LogP contribution in [0.4, 0.5) is 11.4 Å². The highest BCUT2D eigenvalue weighted by atomic mass is 16.6. The number of anilines is 1. The first-order valence-corrected chi connectivity index (χ1v) is 6.07. The first-order chi connectivity index (χ1) is 9.03. The van der Waals surface area contributed by atoms with E-state index in [1.165, 1.54) is 12.1 Å². The van der Waals surface area contributed by atoms with Crippen LogP contribution in [0.1, 0.15) is 12.8 Å². The molecule has 0 atom stereocenters. The van der Waals surface area contributed by atoms with Gasteiger partial charge in [0.2, 0.25) is 5.91 Å². The molecule has 1 aliphatic heterocycles. The largest absolute Gasteiger partial charge is 0.371 e. The number of piperidine rings is 1. The molecule has 0 saturated carbocycles. The van der Waals surface area contributed by atoms with Gasteiger partial charge in [0, 0.05) is 17.8 Å². The smallest absolute Gasteiger partial charge is 0.269 e. The van der Waals surface area contributed by atoms with Gasteiger partial charge in [0.15, 0.2) is 0 Å². The Hall–Kier alpha value is -2.15. The molecular weight excluding hydrogens is 248 g/mol. The highest BCUT2D eigenvalue weighted by molar-refractivity contribution is 5.88. The Labute approximate surface area is 110 Å². The molecule has 1 heterocycles. The van der Waals surface area contributed by atoms with Crippen LogP contribution in [-0.4, -0.2) is 29.5 Å². The lowest BCUT2D eigenvalue weighted by Crippen LogP contribution is -2.56. The van der Waals surface area contributed by atoms with Gasteiger partial charge in [-0.3, -0.25) is 14.9 Å². The van der Waals surface area contributed by atoms with Crippen LogP contribution in [0.25, 0.3) is 0 Å².